The molecule has 0 bridgehead atoms. The van der Waals surface area contributed by atoms with Crippen LogP contribution in [-0.4, -0.2) is 21.6 Å². The van der Waals surface area contributed by atoms with Crippen LogP contribution in [0.2, 0.25) is 0 Å². The molecule has 18 heavy (non-hydrogen) atoms. The van der Waals surface area contributed by atoms with Gasteiger partial charge in [-0.3, -0.25) is 5.32 Å². The van der Waals surface area contributed by atoms with Crippen LogP contribution in [0.15, 0.2) is 0 Å². The number of rotatable bonds is 4. The molecule has 3 rings (SSSR count). The molecule has 1 aromatic rings. The third kappa shape index (κ3) is 2.28. The molecule has 4 heteroatoms. The van der Waals surface area contributed by atoms with E-state index in [2.05, 4.69) is 27.9 Å². The fourth-order valence-electron chi connectivity index (χ4n) is 2.83. The molecule has 1 saturated carbocycles. The Balaban J connectivity index is 1.78. The summed E-state index contributed by atoms with van der Waals surface area (Å²) in [6, 6.07) is 2.89. The Morgan fingerprint density at radius 1 is 1.44 bits per heavy atom. The molecule has 0 aliphatic heterocycles. The molecule has 1 aromatic heterocycles. The molecule has 1 heterocycles. The first-order valence-electron chi connectivity index (χ1n) is 6.98. The third-order valence-corrected chi connectivity index (χ3v) is 3.96. The van der Waals surface area contributed by atoms with Crippen LogP contribution in [0.1, 0.15) is 42.9 Å². The monoisotopic (exact) mass is 244 g/mol. The van der Waals surface area contributed by atoms with Gasteiger partial charge in [-0.05, 0) is 45.4 Å². The standard InChI is InChI=1S/C14H20N4/c1-10-16-13-4-2-3-5-14(13)18(10)9-12(8-15)17-11-6-7-11/h11-12,17H,2-7,9H2,1H3. The van der Waals surface area contributed by atoms with Gasteiger partial charge in [0.1, 0.15) is 11.9 Å². The minimum absolute atomic E-state index is 0.0728. The van der Waals surface area contributed by atoms with Crippen molar-refractivity contribution in [1.29, 1.82) is 5.26 Å². The smallest absolute Gasteiger partial charge is 0.114 e. The summed E-state index contributed by atoms with van der Waals surface area (Å²) in [5, 5.41) is 12.7. The Bertz CT molecular complexity index is 479. The van der Waals surface area contributed by atoms with E-state index in [1.165, 1.54) is 37.1 Å². The summed E-state index contributed by atoms with van der Waals surface area (Å²) >= 11 is 0. The van der Waals surface area contributed by atoms with Crippen molar-refractivity contribution in [3.05, 3.63) is 17.2 Å². The largest absolute Gasteiger partial charge is 0.329 e. The highest BCUT2D eigenvalue weighted by Crippen LogP contribution is 2.23. The summed E-state index contributed by atoms with van der Waals surface area (Å²) in [5.41, 5.74) is 2.64. The molecule has 1 N–H and O–H groups in total. The molecule has 1 atom stereocenters. The second kappa shape index (κ2) is 4.74. The average Bonchev–Trinajstić information content (AvgIpc) is 3.13. The van der Waals surface area contributed by atoms with Gasteiger partial charge in [0.25, 0.3) is 0 Å². The van der Waals surface area contributed by atoms with Gasteiger partial charge in [0.15, 0.2) is 0 Å². The molecule has 0 radical (unpaired) electrons. The molecule has 1 fully saturated rings. The molecule has 0 spiro atoms. The van der Waals surface area contributed by atoms with E-state index in [0.717, 1.165) is 25.2 Å². The number of imidazole rings is 1. The van der Waals surface area contributed by atoms with E-state index in [9.17, 15) is 5.26 Å². The molecular formula is C14H20N4. The lowest BCUT2D eigenvalue weighted by Crippen LogP contribution is -2.34. The Kier molecular flexibility index (Phi) is 3.09. The molecule has 2 aliphatic carbocycles. The van der Waals surface area contributed by atoms with Crippen molar-refractivity contribution in [2.75, 3.05) is 0 Å². The van der Waals surface area contributed by atoms with E-state index in [1.807, 2.05) is 0 Å². The Morgan fingerprint density at radius 3 is 2.94 bits per heavy atom. The molecule has 96 valence electrons. The van der Waals surface area contributed by atoms with Gasteiger partial charge in [0, 0.05) is 11.7 Å². The van der Waals surface area contributed by atoms with Crippen LogP contribution >= 0.6 is 0 Å². The minimum atomic E-state index is -0.0728. The van der Waals surface area contributed by atoms with Crippen LogP contribution in [0, 0.1) is 18.3 Å². The van der Waals surface area contributed by atoms with Crippen molar-refractivity contribution in [2.24, 2.45) is 0 Å². The zero-order valence-electron chi connectivity index (χ0n) is 10.9. The Hall–Kier alpha value is -1.34. The topological polar surface area (TPSA) is 53.6 Å². The molecule has 0 saturated heterocycles. The molecule has 4 nitrogen and oxygen atoms in total. The highest BCUT2D eigenvalue weighted by molar-refractivity contribution is 5.20. The van der Waals surface area contributed by atoms with Crippen molar-refractivity contribution in [3.8, 4) is 6.07 Å². The molecule has 0 amide bonds. The first kappa shape index (κ1) is 11.7. The molecule has 0 aromatic carbocycles. The highest BCUT2D eigenvalue weighted by Gasteiger charge is 2.26. The van der Waals surface area contributed by atoms with Crippen molar-refractivity contribution in [1.82, 2.24) is 14.9 Å². The normalized spacial score (nSPS) is 20.2. The highest BCUT2D eigenvalue weighted by atomic mass is 15.1. The number of nitrogens with zero attached hydrogens (tertiary/aromatic N) is 3. The van der Waals surface area contributed by atoms with Crippen LogP contribution in [0.4, 0.5) is 0 Å². The van der Waals surface area contributed by atoms with Gasteiger partial charge in [-0.1, -0.05) is 0 Å². The summed E-state index contributed by atoms with van der Waals surface area (Å²) in [6.07, 6.45) is 7.18. The van der Waals surface area contributed by atoms with E-state index in [4.69, 9.17) is 0 Å². The quantitative estimate of drug-likeness (QED) is 0.877. The maximum atomic E-state index is 9.25. The van der Waals surface area contributed by atoms with Gasteiger partial charge in [-0.2, -0.15) is 5.26 Å². The van der Waals surface area contributed by atoms with E-state index >= 15 is 0 Å². The minimum Gasteiger partial charge on any atom is -0.329 e. The van der Waals surface area contributed by atoms with Gasteiger partial charge in [0.2, 0.25) is 0 Å². The summed E-state index contributed by atoms with van der Waals surface area (Å²) in [4.78, 5) is 4.66. The number of hydrogen-bond acceptors (Lipinski definition) is 3. The lowest BCUT2D eigenvalue weighted by atomic mass is 10.0. The maximum absolute atomic E-state index is 9.25. The predicted octanol–water partition coefficient (Wildman–Crippen LogP) is 1.71. The zero-order chi connectivity index (χ0) is 12.5. The van der Waals surface area contributed by atoms with Gasteiger partial charge in [-0.25, -0.2) is 4.98 Å². The van der Waals surface area contributed by atoms with Gasteiger partial charge >= 0.3 is 0 Å². The van der Waals surface area contributed by atoms with E-state index in [-0.39, 0.29) is 6.04 Å². The summed E-state index contributed by atoms with van der Waals surface area (Å²) < 4.78 is 2.26. The molecule has 2 aliphatic rings. The number of hydrogen-bond donors (Lipinski definition) is 1. The SMILES string of the molecule is Cc1nc2c(n1CC(C#N)NC1CC1)CCCC2. The van der Waals surface area contributed by atoms with Crippen LogP contribution in [-0.2, 0) is 19.4 Å². The van der Waals surface area contributed by atoms with E-state index in [0.29, 0.717) is 6.04 Å². The van der Waals surface area contributed by atoms with Gasteiger partial charge in [-0.15, -0.1) is 0 Å². The van der Waals surface area contributed by atoms with Crippen molar-refractivity contribution in [2.45, 2.75) is 64.1 Å². The van der Waals surface area contributed by atoms with Gasteiger partial charge in [0.05, 0.1) is 18.3 Å². The fourth-order valence-corrected chi connectivity index (χ4v) is 2.83. The number of nitriles is 1. The second-order valence-electron chi connectivity index (χ2n) is 5.49. The van der Waals surface area contributed by atoms with E-state index in [1.54, 1.807) is 0 Å². The number of fused-ring (bicyclic) bond motifs is 1. The van der Waals surface area contributed by atoms with Crippen LogP contribution in [0.3, 0.4) is 0 Å². The first-order chi connectivity index (χ1) is 8.78. The molecule has 1 unspecified atom stereocenters. The molecular weight excluding hydrogens is 224 g/mol. The third-order valence-electron chi connectivity index (χ3n) is 3.96. The van der Waals surface area contributed by atoms with Gasteiger partial charge < -0.3 is 4.57 Å². The fraction of sp³-hybridized carbons (Fsp3) is 0.714. The lowest BCUT2D eigenvalue weighted by molar-refractivity contribution is 0.495. The zero-order valence-corrected chi connectivity index (χ0v) is 10.9. The van der Waals surface area contributed by atoms with Crippen molar-refractivity contribution in [3.63, 3.8) is 0 Å². The first-order valence-corrected chi connectivity index (χ1v) is 6.98. The number of aryl methyl sites for hydroxylation is 2. The van der Waals surface area contributed by atoms with Crippen LogP contribution < -0.4 is 5.32 Å². The van der Waals surface area contributed by atoms with Crippen LogP contribution in [0.5, 0.6) is 0 Å². The summed E-state index contributed by atoms with van der Waals surface area (Å²) in [6.45, 7) is 2.81. The maximum Gasteiger partial charge on any atom is 0.114 e. The van der Waals surface area contributed by atoms with E-state index < -0.39 is 0 Å². The second-order valence-corrected chi connectivity index (χ2v) is 5.49. The Morgan fingerprint density at radius 2 is 2.22 bits per heavy atom. The average molecular weight is 244 g/mol. The number of nitrogens with one attached hydrogen (secondary N) is 1. The van der Waals surface area contributed by atoms with Crippen molar-refractivity contribution < 1.29 is 0 Å². The van der Waals surface area contributed by atoms with Crippen molar-refractivity contribution >= 4 is 0 Å². The number of aromatic nitrogens is 2. The summed E-state index contributed by atoms with van der Waals surface area (Å²) in [5.74, 6) is 1.07. The predicted molar refractivity (Wildman–Crippen MR) is 69.2 cm³/mol. The van der Waals surface area contributed by atoms with Crippen LogP contribution in [0.25, 0.3) is 0 Å². The summed E-state index contributed by atoms with van der Waals surface area (Å²) in [7, 11) is 0. The Labute approximate surface area is 108 Å². The lowest BCUT2D eigenvalue weighted by Gasteiger charge is -2.18.